The number of amides is 1. The average Bonchev–Trinajstić information content (AvgIpc) is 3.09. The molecular weight excluding hydrogens is 406 g/mol. The number of hydrogen-bond acceptors (Lipinski definition) is 7. The van der Waals surface area contributed by atoms with E-state index in [4.69, 9.17) is 4.74 Å². The van der Waals surface area contributed by atoms with Gasteiger partial charge in [-0.2, -0.15) is 16.1 Å². The van der Waals surface area contributed by atoms with E-state index in [0.29, 0.717) is 39.3 Å². The minimum absolute atomic E-state index is 0. The Bertz CT molecular complexity index is 633. The van der Waals surface area contributed by atoms with Crippen molar-refractivity contribution < 1.29 is 17.9 Å². The minimum Gasteiger partial charge on any atom is -0.383 e. The number of nitrogens with one attached hydrogen (secondary N) is 2. The molecule has 0 spiro atoms. The Kier molecular flexibility index (Phi) is 10.3. The first kappa shape index (κ1) is 22.7. The number of ether oxygens (including phenoxy) is 1. The lowest BCUT2D eigenvalue weighted by Crippen LogP contribution is -2.39. The van der Waals surface area contributed by atoms with Gasteiger partial charge in [-0.05, 0) is 11.4 Å². The molecule has 1 aliphatic rings. The van der Waals surface area contributed by atoms with Gasteiger partial charge in [0.2, 0.25) is 10.0 Å². The number of methoxy groups -OCH3 is 1. The number of carbonyl (C=O) groups is 1. The molecule has 25 heavy (non-hydrogen) atoms. The molecule has 7 nitrogen and oxygen atoms in total. The average molecular weight is 430 g/mol. The van der Waals surface area contributed by atoms with Crippen LogP contribution < -0.4 is 10.6 Å². The number of thiophene rings is 1. The number of hydrogen-bond donors (Lipinski definition) is 2. The van der Waals surface area contributed by atoms with Crippen LogP contribution >= 0.6 is 35.5 Å². The molecule has 1 aliphatic heterocycles. The standard InChI is InChI=1S/C14H23N3O4S3.ClH/c1-21-8-5-15-3-4-16-14(18)13-12(2-9-23-13)24(19,20)17-6-10-22-11-7-17;/h2,9,15H,3-8,10-11H2,1H3,(H,16,18);1H. The van der Waals surface area contributed by atoms with Gasteiger partial charge in [-0.15, -0.1) is 23.7 Å². The molecule has 0 atom stereocenters. The maximum atomic E-state index is 12.7. The summed E-state index contributed by atoms with van der Waals surface area (Å²) in [4.78, 5) is 12.7. The molecule has 2 rings (SSSR count). The Morgan fingerprint density at radius 2 is 2.00 bits per heavy atom. The molecule has 2 N–H and O–H groups in total. The van der Waals surface area contributed by atoms with Crippen LogP contribution in [0.3, 0.4) is 0 Å². The molecule has 144 valence electrons. The summed E-state index contributed by atoms with van der Waals surface area (Å²) < 4.78 is 31.9. The van der Waals surface area contributed by atoms with Crippen LogP contribution in [0.25, 0.3) is 0 Å². The Hall–Kier alpha value is -0.360. The third-order valence-electron chi connectivity index (χ3n) is 3.49. The highest BCUT2D eigenvalue weighted by Gasteiger charge is 2.30. The first-order valence-corrected chi connectivity index (χ1v) is 11.2. The molecule has 0 saturated carbocycles. The Morgan fingerprint density at radius 3 is 2.68 bits per heavy atom. The van der Waals surface area contributed by atoms with Crippen LogP contribution in [-0.4, -0.2) is 76.6 Å². The first-order chi connectivity index (χ1) is 11.6. The van der Waals surface area contributed by atoms with Crippen molar-refractivity contribution in [1.82, 2.24) is 14.9 Å². The molecule has 0 aromatic carbocycles. The Balaban J connectivity index is 0.00000312. The molecule has 1 saturated heterocycles. The molecule has 1 aromatic heterocycles. The van der Waals surface area contributed by atoms with Crippen LogP contribution in [0.1, 0.15) is 9.67 Å². The molecule has 0 bridgehead atoms. The Labute approximate surface area is 163 Å². The van der Waals surface area contributed by atoms with Crippen LogP contribution in [-0.2, 0) is 14.8 Å². The van der Waals surface area contributed by atoms with Crippen LogP contribution in [0, 0.1) is 0 Å². The largest absolute Gasteiger partial charge is 0.383 e. The van der Waals surface area contributed by atoms with E-state index in [9.17, 15) is 13.2 Å². The van der Waals surface area contributed by atoms with Crippen molar-refractivity contribution in [2.75, 3.05) is 57.9 Å². The van der Waals surface area contributed by atoms with Crippen molar-refractivity contribution in [3.8, 4) is 0 Å². The van der Waals surface area contributed by atoms with E-state index in [1.165, 1.54) is 10.4 Å². The van der Waals surface area contributed by atoms with Gasteiger partial charge in [0.25, 0.3) is 5.91 Å². The fourth-order valence-electron chi connectivity index (χ4n) is 2.24. The predicted octanol–water partition coefficient (Wildman–Crippen LogP) is 0.873. The van der Waals surface area contributed by atoms with Gasteiger partial charge in [-0.1, -0.05) is 0 Å². The quantitative estimate of drug-likeness (QED) is 0.566. The maximum Gasteiger partial charge on any atom is 0.262 e. The lowest BCUT2D eigenvalue weighted by molar-refractivity contribution is 0.0954. The number of halogens is 1. The third-order valence-corrected chi connectivity index (χ3v) is 7.42. The zero-order valence-electron chi connectivity index (χ0n) is 14.0. The molecule has 0 unspecified atom stereocenters. The molecule has 11 heteroatoms. The summed E-state index contributed by atoms with van der Waals surface area (Å²) in [5.74, 6) is 1.24. The number of rotatable bonds is 9. The zero-order valence-corrected chi connectivity index (χ0v) is 17.3. The summed E-state index contributed by atoms with van der Waals surface area (Å²) >= 11 is 2.90. The second-order valence-corrected chi connectivity index (χ2v) is 9.18. The van der Waals surface area contributed by atoms with E-state index in [1.807, 2.05) is 0 Å². The van der Waals surface area contributed by atoms with Crippen molar-refractivity contribution >= 4 is 51.4 Å². The minimum atomic E-state index is -3.60. The van der Waals surface area contributed by atoms with Gasteiger partial charge in [0.05, 0.1) is 6.61 Å². The fourth-order valence-corrected chi connectivity index (χ4v) is 6.13. The van der Waals surface area contributed by atoms with Crippen LogP contribution in [0.5, 0.6) is 0 Å². The monoisotopic (exact) mass is 429 g/mol. The second-order valence-electron chi connectivity index (χ2n) is 5.13. The van der Waals surface area contributed by atoms with E-state index in [1.54, 1.807) is 24.3 Å². The predicted molar refractivity (Wildman–Crippen MR) is 105 cm³/mol. The van der Waals surface area contributed by atoms with E-state index in [-0.39, 0.29) is 28.1 Å². The molecule has 1 aromatic rings. The van der Waals surface area contributed by atoms with E-state index >= 15 is 0 Å². The number of sulfonamides is 1. The van der Waals surface area contributed by atoms with Crippen molar-refractivity contribution in [2.45, 2.75) is 4.90 Å². The molecule has 0 aliphatic carbocycles. The normalized spacial score (nSPS) is 15.6. The topological polar surface area (TPSA) is 87.7 Å². The van der Waals surface area contributed by atoms with Crippen LogP contribution in [0.4, 0.5) is 0 Å². The van der Waals surface area contributed by atoms with E-state index in [2.05, 4.69) is 10.6 Å². The highest BCUT2D eigenvalue weighted by atomic mass is 35.5. The van der Waals surface area contributed by atoms with Crippen molar-refractivity contribution in [3.63, 3.8) is 0 Å². The lowest BCUT2D eigenvalue weighted by Gasteiger charge is -2.25. The van der Waals surface area contributed by atoms with Crippen LogP contribution in [0.15, 0.2) is 16.3 Å². The summed E-state index contributed by atoms with van der Waals surface area (Å²) in [6.45, 7) is 3.33. The van der Waals surface area contributed by atoms with Gasteiger partial charge in [0, 0.05) is 51.3 Å². The highest BCUT2D eigenvalue weighted by Crippen LogP contribution is 2.26. The first-order valence-electron chi connectivity index (χ1n) is 7.70. The molecule has 1 amide bonds. The Morgan fingerprint density at radius 1 is 1.28 bits per heavy atom. The molecular formula is C14H24ClN3O4S3. The SMILES string of the molecule is COCCNCCNC(=O)c1sccc1S(=O)(=O)N1CCSCC1.Cl. The molecule has 1 fully saturated rings. The van der Waals surface area contributed by atoms with Gasteiger partial charge in [0.1, 0.15) is 9.77 Å². The number of carbonyl (C=O) groups excluding carboxylic acids is 1. The van der Waals surface area contributed by atoms with Gasteiger partial charge >= 0.3 is 0 Å². The fraction of sp³-hybridized carbons (Fsp3) is 0.643. The van der Waals surface area contributed by atoms with Gasteiger partial charge in [-0.25, -0.2) is 8.42 Å². The summed E-state index contributed by atoms with van der Waals surface area (Å²) in [6, 6.07) is 1.52. The van der Waals surface area contributed by atoms with Gasteiger partial charge < -0.3 is 15.4 Å². The van der Waals surface area contributed by atoms with Crippen molar-refractivity contribution in [1.29, 1.82) is 0 Å². The third kappa shape index (κ3) is 6.38. The van der Waals surface area contributed by atoms with Gasteiger partial charge in [-0.3, -0.25) is 4.79 Å². The molecule has 2 heterocycles. The van der Waals surface area contributed by atoms with Crippen molar-refractivity contribution in [2.24, 2.45) is 0 Å². The van der Waals surface area contributed by atoms with Gasteiger partial charge in [0.15, 0.2) is 0 Å². The summed E-state index contributed by atoms with van der Waals surface area (Å²) in [5.41, 5.74) is 0. The number of thioether (sulfide) groups is 1. The summed E-state index contributed by atoms with van der Waals surface area (Å²) in [5, 5.41) is 7.53. The van der Waals surface area contributed by atoms with E-state index in [0.717, 1.165) is 22.8 Å². The zero-order chi connectivity index (χ0) is 17.4. The smallest absolute Gasteiger partial charge is 0.262 e. The maximum absolute atomic E-state index is 12.7. The summed E-state index contributed by atoms with van der Waals surface area (Å²) in [6.07, 6.45) is 0. The molecule has 0 radical (unpaired) electrons. The van der Waals surface area contributed by atoms with Crippen LogP contribution in [0.2, 0.25) is 0 Å². The second kappa shape index (κ2) is 11.4. The van der Waals surface area contributed by atoms with Crippen molar-refractivity contribution in [3.05, 3.63) is 16.3 Å². The van der Waals surface area contributed by atoms with E-state index < -0.39 is 10.0 Å². The number of nitrogens with zero attached hydrogens (tertiary/aromatic N) is 1. The summed E-state index contributed by atoms with van der Waals surface area (Å²) in [7, 11) is -1.97. The highest BCUT2D eigenvalue weighted by molar-refractivity contribution is 7.99. The lowest BCUT2D eigenvalue weighted by atomic mass is 10.4.